The molecule has 0 saturated carbocycles. The van der Waals surface area contributed by atoms with E-state index in [9.17, 15) is 0 Å². The van der Waals surface area contributed by atoms with Crippen molar-refractivity contribution in [1.29, 1.82) is 0 Å². The highest BCUT2D eigenvalue weighted by Gasteiger charge is 2.17. The molecule has 3 N–H and O–H groups in total. The number of anilines is 1. The average Bonchev–Trinajstić information content (AvgIpc) is 3.34. The molecule has 116 valence electrons. The largest absolute Gasteiger partial charge is 0.452 e. The third-order valence-electron chi connectivity index (χ3n) is 4.04. The van der Waals surface area contributed by atoms with Crippen molar-refractivity contribution in [2.75, 3.05) is 5.73 Å². The average molecular weight is 333 g/mol. The van der Waals surface area contributed by atoms with E-state index in [4.69, 9.17) is 10.2 Å². The number of furan rings is 1. The molecule has 0 atom stereocenters. The number of hydrogen-bond acceptors (Lipinski definition) is 6. The molecule has 7 heteroatoms. The van der Waals surface area contributed by atoms with Gasteiger partial charge >= 0.3 is 0 Å². The number of pyridine rings is 2. The Kier molecular flexibility index (Phi) is 2.71. The first kappa shape index (κ1) is 13.3. The van der Waals surface area contributed by atoms with Crippen LogP contribution in [0.25, 0.3) is 43.5 Å². The minimum Gasteiger partial charge on any atom is -0.452 e. The summed E-state index contributed by atoms with van der Waals surface area (Å²) in [4.78, 5) is 8.42. The van der Waals surface area contributed by atoms with Crippen LogP contribution < -0.4 is 5.73 Å². The minimum atomic E-state index is 0.379. The predicted molar refractivity (Wildman–Crippen MR) is 94.6 cm³/mol. The molecule has 5 aromatic rings. The molecule has 0 fully saturated rings. The Morgan fingerprint density at radius 1 is 1.12 bits per heavy atom. The number of hydrogen-bond donors (Lipinski definition) is 2. The Hall–Kier alpha value is -3.19. The van der Waals surface area contributed by atoms with Crippen molar-refractivity contribution in [3.63, 3.8) is 0 Å². The van der Waals surface area contributed by atoms with E-state index < -0.39 is 0 Å². The fourth-order valence-corrected chi connectivity index (χ4v) is 3.79. The monoisotopic (exact) mass is 333 g/mol. The summed E-state index contributed by atoms with van der Waals surface area (Å²) < 4.78 is 7.18. The molecular formula is C17H11N5OS. The van der Waals surface area contributed by atoms with E-state index in [0.29, 0.717) is 11.4 Å². The second kappa shape index (κ2) is 4.90. The third kappa shape index (κ3) is 1.85. The SMILES string of the molecule is Nc1ncc(-c2cn[nH]c2)c2cc(-c3csc4cnccc34)oc12. The molecule has 0 radical (unpaired) electrons. The molecule has 0 saturated heterocycles. The Morgan fingerprint density at radius 3 is 2.96 bits per heavy atom. The highest BCUT2D eigenvalue weighted by molar-refractivity contribution is 7.17. The van der Waals surface area contributed by atoms with Crippen LogP contribution >= 0.6 is 11.3 Å². The summed E-state index contributed by atoms with van der Waals surface area (Å²) in [6, 6.07) is 4.00. The van der Waals surface area contributed by atoms with Crippen molar-refractivity contribution in [3.8, 4) is 22.5 Å². The number of fused-ring (bicyclic) bond motifs is 2. The van der Waals surface area contributed by atoms with Crippen molar-refractivity contribution in [2.24, 2.45) is 0 Å². The fourth-order valence-electron chi connectivity index (χ4n) is 2.88. The van der Waals surface area contributed by atoms with Crippen molar-refractivity contribution in [3.05, 3.63) is 48.5 Å². The standard InChI is InChI=1S/C17H11N5OS/c18-17-16-11(12(6-20-17)9-4-21-22-5-9)3-14(23-16)13-8-24-15-7-19-2-1-10(13)15/h1-8H,(H2,18,20)(H,21,22). The molecular weight excluding hydrogens is 322 g/mol. The number of H-pyrrole nitrogens is 1. The van der Waals surface area contributed by atoms with Crippen LogP contribution in [-0.4, -0.2) is 20.2 Å². The molecule has 0 aromatic carbocycles. The van der Waals surface area contributed by atoms with Crippen molar-refractivity contribution in [1.82, 2.24) is 20.2 Å². The number of aromatic nitrogens is 4. The Bertz CT molecular complexity index is 1170. The maximum absolute atomic E-state index is 6.06. The van der Waals surface area contributed by atoms with Gasteiger partial charge < -0.3 is 10.2 Å². The van der Waals surface area contributed by atoms with E-state index >= 15 is 0 Å². The quantitative estimate of drug-likeness (QED) is 0.508. The lowest BCUT2D eigenvalue weighted by molar-refractivity contribution is 0.632. The summed E-state index contributed by atoms with van der Waals surface area (Å²) in [6.45, 7) is 0. The molecule has 0 unspecified atom stereocenters. The molecule has 0 amide bonds. The second-order valence-corrected chi connectivity index (χ2v) is 6.33. The predicted octanol–water partition coefficient (Wildman–Crippen LogP) is 4.08. The molecule has 6 nitrogen and oxygen atoms in total. The van der Waals surface area contributed by atoms with Crippen LogP contribution in [0.4, 0.5) is 5.82 Å². The van der Waals surface area contributed by atoms with E-state index in [1.54, 1.807) is 29.9 Å². The lowest BCUT2D eigenvalue weighted by Gasteiger charge is -2.00. The van der Waals surface area contributed by atoms with E-state index in [-0.39, 0.29) is 0 Å². The molecule has 0 spiro atoms. The van der Waals surface area contributed by atoms with Gasteiger partial charge in [-0.25, -0.2) is 4.98 Å². The number of rotatable bonds is 2. The topological polar surface area (TPSA) is 93.6 Å². The van der Waals surface area contributed by atoms with Gasteiger partial charge in [0.1, 0.15) is 5.76 Å². The zero-order valence-corrected chi connectivity index (χ0v) is 13.2. The van der Waals surface area contributed by atoms with Crippen LogP contribution in [0.3, 0.4) is 0 Å². The van der Waals surface area contributed by atoms with Gasteiger partial charge in [-0.05, 0) is 12.1 Å². The van der Waals surface area contributed by atoms with Crippen LogP contribution in [0.1, 0.15) is 0 Å². The van der Waals surface area contributed by atoms with Crippen LogP contribution in [0.2, 0.25) is 0 Å². The van der Waals surface area contributed by atoms with E-state index in [1.807, 2.05) is 24.5 Å². The molecule has 0 aliphatic heterocycles. The molecule has 24 heavy (non-hydrogen) atoms. The van der Waals surface area contributed by atoms with Crippen molar-refractivity contribution in [2.45, 2.75) is 0 Å². The highest BCUT2D eigenvalue weighted by Crippen LogP contribution is 2.40. The molecule has 0 bridgehead atoms. The van der Waals surface area contributed by atoms with Gasteiger partial charge in [0, 0.05) is 57.6 Å². The van der Waals surface area contributed by atoms with E-state index in [1.165, 1.54) is 0 Å². The number of nitrogens with zero attached hydrogens (tertiary/aromatic N) is 3. The first-order valence-electron chi connectivity index (χ1n) is 7.30. The van der Waals surface area contributed by atoms with Gasteiger partial charge in [-0.15, -0.1) is 11.3 Å². The Balaban J connectivity index is 1.79. The maximum Gasteiger partial charge on any atom is 0.177 e. The van der Waals surface area contributed by atoms with Crippen LogP contribution in [0.15, 0.2) is 52.9 Å². The lowest BCUT2D eigenvalue weighted by atomic mass is 10.1. The number of nitrogen functional groups attached to an aromatic ring is 1. The van der Waals surface area contributed by atoms with Gasteiger partial charge in [0.25, 0.3) is 0 Å². The summed E-state index contributed by atoms with van der Waals surface area (Å²) >= 11 is 1.64. The number of aromatic amines is 1. The summed E-state index contributed by atoms with van der Waals surface area (Å²) in [7, 11) is 0. The smallest absolute Gasteiger partial charge is 0.177 e. The Labute approximate surface area is 140 Å². The molecule has 0 aliphatic rings. The van der Waals surface area contributed by atoms with E-state index in [0.717, 1.165) is 37.9 Å². The van der Waals surface area contributed by atoms with Gasteiger partial charge in [-0.2, -0.15) is 5.10 Å². The number of thiophene rings is 1. The van der Waals surface area contributed by atoms with Gasteiger partial charge in [-0.1, -0.05) is 0 Å². The van der Waals surface area contributed by atoms with Gasteiger partial charge in [0.2, 0.25) is 0 Å². The fraction of sp³-hybridized carbons (Fsp3) is 0. The first-order valence-corrected chi connectivity index (χ1v) is 8.18. The summed E-state index contributed by atoms with van der Waals surface area (Å²) in [5.74, 6) is 1.15. The zero-order chi connectivity index (χ0) is 16.1. The van der Waals surface area contributed by atoms with Gasteiger partial charge in [0.05, 0.1) is 10.9 Å². The molecule has 5 aromatic heterocycles. The van der Waals surface area contributed by atoms with Crippen LogP contribution in [-0.2, 0) is 0 Å². The highest BCUT2D eigenvalue weighted by atomic mass is 32.1. The minimum absolute atomic E-state index is 0.379. The lowest BCUT2D eigenvalue weighted by Crippen LogP contribution is -1.90. The van der Waals surface area contributed by atoms with Crippen molar-refractivity contribution < 1.29 is 4.42 Å². The second-order valence-electron chi connectivity index (χ2n) is 5.42. The maximum atomic E-state index is 6.06. The number of nitrogens with one attached hydrogen (secondary N) is 1. The number of nitrogens with two attached hydrogens (primary N) is 1. The summed E-state index contributed by atoms with van der Waals surface area (Å²) in [6.07, 6.45) is 8.97. The molecule has 0 aliphatic carbocycles. The molecule has 5 heterocycles. The first-order chi connectivity index (χ1) is 11.8. The van der Waals surface area contributed by atoms with E-state index in [2.05, 4.69) is 25.5 Å². The van der Waals surface area contributed by atoms with Gasteiger partial charge in [0.15, 0.2) is 11.4 Å². The van der Waals surface area contributed by atoms with Crippen LogP contribution in [0, 0.1) is 0 Å². The normalized spacial score (nSPS) is 11.5. The zero-order valence-electron chi connectivity index (χ0n) is 12.4. The molecule has 5 rings (SSSR count). The van der Waals surface area contributed by atoms with Crippen molar-refractivity contribution >= 4 is 38.2 Å². The summed E-state index contributed by atoms with van der Waals surface area (Å²) in [5.41, 5.74) is 9.53. The van der Waals surface area contributed by atoms with Gasteiger partial charge in [-0.3, -0.25) is 10.1 Å². The van der Waals surface area contributed by atoms with Crippen LogP contribution in [0.5, 0.6) is 0 Å². The third-order valence-corrected chi connectivity index (χ3v) is 4.97. The Morgan fingerprint density at radius 2 is 2.08 bits per heavy atom. The summed E-state index contributed by atoms with van der Waals surface area (Å²) in [5, 5.41) is 10.9.